The minimum Gasteiger partial charge on any atom is -0.457 e. The van der Waals surface area contributed by atoms with Crippen LogP contribution in [0.15, 0.2) is 77.9 Å². The maximum Gasteiger partial charge on any atom is 0.507 e. The van der Waals surface area contributed by atoms with E-state index in [0.29, 0.717) is 21.9 Å². The van der Waals surface area contributed by atoms with Crippen molar-refractivity contribution in [1.82, 2.24) is 9.47 Å². The van der Waals surface area contributed by atoms with E-state index in [1.807, 2.05) is 6.07 Å². The first-order valence-electron chi connectivity index (χ1n) is 11.7. The van der Waals surface area contributed by atoms with Crippen LogP contribution in [-0.4, -0.2) is 34.8 Å². The SMILES string of the molecule is Cc1cn(-c2ccc3c(c2)OC(F)(F)C(F)(F)O3)c(=NC(=O)N(C)Cc2cc(F)ccc2Oc2ccccc2)s1. The number of hydrogen-bond acceptors (Lipinski definition) is 5. The maximum absolute atomic E-state index is 14.0. The number of amides is 2. The van der Waals surface area contributed by atoms with Crippen LogP contribution in [0, 0.1) is 12.7 Å². The number of para-hydroxylation sites is 1. The molecule has 3 aromatic carbocycles. The van der Waals surface area contributed by atoms with Crippen LogP contribution < -0.4 is 19.0 Å². The van der Waals surface area contributed by atoms with Crippen molar-refractivity contribution in [3.63, 3.8) is 0 Å². The first-order valence-corrected chi connectivity index (χ1v) is 12.5. The summed E-state index contributed by atoms with van der Waals surface area (Å²) < 4.78 is 84.1. The van der Waals surface area contributed by atoms with Gasteiger partial charge in [-0.2, -0.15) is 22.6 Å². The zero-order chi connectivity index (χ0) is 28.7. The van der Waals surface area contributed by atoms with Gasteiger partial charge in [0.2, 0.25) is 0 Å². The number of urea groups is 1. The van der Waals surface area contributed by atoms with Crippen LogP contribution in [0.3, 0.4) is 0 Å². The Morgan fingerprint density at radius 3 is 2.42 bits per heavy atom. The molecule has 0 spiro atoms. The summed E-state index contributed by atoms with van der Waals surface area (Å²) in [6.07, 6.45) is -8.12. The number of hydrogen-bond donors (Lipinski definition) is 0. The molecule has 0 radical (unpaired) electrons. The highest BCUT2D eigenvalue weighted by Gasteiger charge is 2.65. The quantitative estimate of drug-likeness (QED) is 0.243. The normalized spacial score (nSPS) is 15.5. The average Bonchev–Trinajstić information content (AvgIpc) is 3.26. The van der Waals surface area contributed by atoms with Gasteiger partial charge in [0.1, 0.15) is 17.3 Å². The molecule has 0 saturated heterocycles. The van der Waals surface area contributed by atoms with Crippen molar-refractivity contribution in [2.45, 2.75) is 25.7 Å². The Balaban J connectivity index is 1.41. The maximum atomic E-state index is 14.0. The first kappa shape index (κ1) is 27.2. The molecule has 0 unspecified atom stereocenters. The number of carbonyl (C=O) groups is 1. The fraction of sp³-hybridized carbons (Fsp3) is 0.185. The number of halogens is 5. The van der Waals surface area contributed by atoms with Crippen LogP contribution in [-0.2, 0) is 6.54 Å². The molecular weight excluding hydrogens is 557 g/mol. The summed E-state index contributed by atoms with van der Waals surface area (Å²) in [5, 5.41) is 0. The number of fused-ring (bicyclic) bond motifs is 1. The van der Waals surface area contributed by atoms with Crippen LogP contribution in [0.25, 0.3) is 5.69 Å². The molecule has 2 heterocycles. The van der Waals surface area contributed by atoms with E-state index >= 15 is 0 Å². The Morgan fingerprint density at radius 1 is 1.00 bits per heavy atom. The molecule has 13 heteroatoms. The summed E-state index contributed by atoms with van der Waals surface area (Å²) in [4.78, 5) is 19.3. The molecule has 0 fully saturated rings. The van der Waals surface area contributed by atoms with E-state index in [1.54, 1.807) is 37.4 Å². The number of nitrogens with zero attached hydrogens (tertiary/aromatic N) is 3. The van der Waals surface area contributed by atoms with Crippen LogP contribution in [0.2, 0.25) is 0 Å². The molecule has 0 atom stereocenters. The summed E-state index contributed by atoms with van der Waals surface area (Å²) in [5.74, 6) is -0.791. The van der Waals surface area contributed by atoms with Crippen molar-refractivity contribution in [3.8, 4) is 28.7 Å². The zero-order valence-corrected chi connectivity index (χ0v) is 21.7. The van der Waals surface area contributed by atoms with Gasteiger partial charge in [0, 0.05) is 29.8 Å². The predicted octanol–water partition coefficient (Wildman–Crippen LogP) is 6.89. The topological polar surface area (TPSA) is 65.3 Å². The fourth-order valence-electron chi connectivity index (χ4n) is 3.80. The Kier molecular flexibility index (Phi) is 7.00. The van der Waals surface area contributed by atoms with Gasteiger partial charge in [-0.25, -0.2) is 9.18 Å². The highest BCUT2D eigenvalue weighted by molar-refractivity contribution is 7.09. The monoisotopic (exact) mass is 577 g/mol. The number of thiazole rings is 1. The standard InChI is InChI=1S/C27H20F5N3O4S/c1-16-14-35(19-9-11-22-23(13-19)39-27(31,32)26(29,30)38-22)25(40-16)33-24(36)34(2)15-17-12-18(28)8-10-21(17)37-20-6-4-3-5-7-20/h3-14H,15H2,1-2H3. The summed E-state index contributed by atoms with van der Waals surface area (Å²) in [5.41, 5.74) is 0.611. The largest absolute Gasteiger partial charge is 0.507 e. The lowest BCUT2D eigenvalue weighted by molar-refractivity contribution is -0.391. The van der Waals surface area contributed by atoms with Crippen molar-refractivity contribution < 1.29 is 41.0 Å². The molecular formula is C27H20F5N3O4S. The number of aryl methyl sites for hydroxylation is 1. The van der Waals surface area contributed by atoms with Crippen molar-refractivity contribution in [2.75, 3.05) is 7.05 Å². The number of benzene rings is 3. The summed E-state index contributed by atoms with van der Waals surface area (Å²) >= 11 is 1.13. The third-order valence-electron chi connectivity index (χ3n) is 5.71. The number of carbonyl (C=O) groups excluding carboxylic acids is 1. The summed E-state index contributed by atoms with van der Waals surface area (Å²) in [6.45, 7) is 1.70. The average molecular weight is 578 g/mol. The van der Waals surface area contributed by atoms with Crippen molar-refractivity contribution in [3.05, 3.63) is 94.0 Å². The Bertz CT molecular complexity index is 1640. The van der Waals surface area contributed by atoms with Crippen LogP contribution in [0.5, 0.6) is 23.0 Å². The number of alkyl halides is 4. The molecule has 7 nitrogen and oxygen atoms in total. The van der Waals surface area contributed by atoms with Gasteiger partial charge in [-0.1, -0.05) is 18.2 Å². The number of rotatable bonds is 5. The van der Waals surface area contributed by atoms with E-state index in [1.165, 1.54) is 40.8 Å². The second-order valence-electron chi connectivity index (χ2n) is 8.78. The van der Waals surface area contributed by atoms with Crippen LogP contribution in [0.4, 0.5) is 26.7 Å². The molecule has 0 saturated carbocycles. The lowest BCUT2D eigenvalue weighted by Crippen LogP contribution is -2.52. The Hall–Kier alpha value is -4.39. The van der Waals surface area contributed by atoms with Gasteiger partial charge >= 0.3 is 18.2 Å². The smallest absolute Gasteiger partial charge is 0.457 e. The number of ether oxygens (including phenoxy) is 3. The second kappa shape index (κ2) is 10.3. The molecule has 0 aliphatic carbocycles. The molecule has 4 aromatic rings. The summed E-state index contributed by atoms with van der Waals surface area (Å²) in [7, 11) is 1.47. The highest BCUT2D eigenvalue weighted by atomic mass is 32.1. The minimum atomic E-state index is -4.88. The third-order valence-corrected chi connectivity index (χ3v) is 6.61. The van der Waals surface area contributed by atoms with Gasteiger partial charge in [-0.3, -0.25) is 4.57 Å². The van der Waals surface area contributed by atoms with Gasteiger partial charge in [-0.05, 0) is 49.4 Å². The van der Waals surface area contributed by atoms with E-state index in [-0.39, 0.29) is 17.0 Å². The first-order chi connectivity index (χ1) is 18.9. The molecule has 1 aliphatic heterocycles. The molecule has 208 valence electrons. The number of aromatic nitrogens is 1. The van der Waals surface area contributed by atoms with E-state index in [0.717, 1.165) is 23.5 Å². The van der Waals surface area contributed by atoms with Crippen molar-refractivity contribution in [1.29, 1.82) is 0 Å². The van der Waals surface area contributed by atoms with E-state index in [2.05, 4.69) is 14.5 Å². The lowest BCUT2D eigenvalue weighted by atomic mass is 10.2. The molecule has 1 aliphatic rings. The highest BCUT2D eigenvalue weighted by Crippen LogP contribution is 2.47. The van der Waals surface area contributed by atoms with Crippen LogP contribution in [0.1, 0.15) is 10.4 Å². The molecule has 0 bridgehead atoms. The van der Waals surface area contributed by atoms with Gasteiger partial charge in [0.15, 0.2) is 16.3 Å². The molecule has 1 aromatic heterocycles. The third kappa shape index (κ3) is 5.50. The molecule has 2 amide bonds. The molecule has 40 heavy (non-hydrogen) atoms. The fourth-order valence-corrected chi connectivity index (χ4v) is 4.63. The zero-order valence-electron chi connectivity index (χ0n) is 20.9. The molecule has 0 N–H and O–H groups in total. The van der Waals surface area contributed by atoms with Gasteiger partial charge in [0.25, 0.3) is 0 Å². The second-order valence-corrected chi connectivity index (χ2v) is 9.99. The van der Waals surface area contributed by atoms with E-state index in [4.69, 9.17) is 4.74 Å². The molecule has 5 rings (SSSR count). The van der Waals surface area contributed by atoms with Gasteiger partial charge < -0.3 is 19.1 Å². The Labute approximate surface area is 228 Å². The van der Waals surface area contributed by atoms with E-state index in [9.17, 15) is 26.7 Å². The van der Waals surface area contributed by atoms with Gasteiger partial charge in [0.05, 0.1) is 12.2 Å². The lowest BCUT2D eigenvalue weighted by Gasteiger charge is -2.31. The minimum absolute atomic E-state index is 0.0417. The predicted molar refractivity (Wildman–Crippen MR) is 135 cm³/mol. The van der Waals surface area contributed by atoms with E-state index < -0.39 is 35.6 Å². The van der Waals surface area contributed by atoms with Crippen molar-refractivity contribution >= 4 is 17.4 Å². The van der Waals surface area contributed by atoms with Crippen molar-refractivity contribution in [2.24, 2.45) is 4.99 Å². The van der Waals surface area contributed by atoms with Gasteiger partial charge in [-0.15, -0.1) is 11.3 Å². The Morgan fingerprint density at radius 2 is 1.70 bits per heavy atom. The van der Waals surface area contributed by atoms with Crippen LogP contribution >= 0.6 is 11.3 Å². The summed E-state index contributed by atoms with van der Waals surface area (Å²) in [6, 6.07) is 15.6.